The molecule has 0 aliphatic rings. The van der Waals surface area contributed by atoms with Gasteiger partial charge in [0.15, 0.2) is 0 Å². The zero-order chi connectivity index (χ0) is 13.9. The van der Waals surface area contributed by atoms with Gasteiger partial charge in [-0.3, -0.25) is 4.90 Å². The second-order valence-electron chi connectivity index (χ2n) is 5.02. The van der Waals surface area contributed by atoms with E-state index in [2.05, 4.69) is 4.90 Å². The first-order valence-corrected chi connectivity index (χ1v) is 7.37. The Kier molecular flexibility index (Phi) is 4.63. The maximum atomic E-state index is 10.6. The van der Waals surface area contributed by atoms with Crippen LogP contribution in [0.3, 0.4) is 0 Å². The number of aliphatic hydroxyl groups is 1. The summed E-state index contributed by atoms with van der Waals surface area (Å²) in [5, 5.41) is 10.6. The van der Waals surface area contributed by atoms with Crippen molar-refractivity contribution in [3.8, 4) is 0 Å². The molecule has 0 bridgehead atoms. The van der Waals surface area contributed by atoms with E-state index in [1.54, 1.807) is 11.3 Å². The summed E-state index contributed by atoms with van der Waals surface area (Å²) in [6, 6.07) is 13.7. The van der Waals surface area contributed by atoms with Gasteiger partial charge in [0.25, 0.3) is 0 Å². The Balaban J connectivity index is 2.00. The third-order valence-electron chi connectivity index (χ3n) is 3.03. The molecule has 1 aromatic heterocycles. The van der Waals surface area contributed by atoms with E-state index in [-0.39, 0.29) is 0 Å². The number of thiophene rings is 1. The minimum atomic E-state index is -0.850. The van der Waals surface area contributed by atoms with E-state index >= 15 is 0 Å². The third-order valence-corrected chi connectivity index (χ3v) is 4.24. The van der Waals surface area contributed by atoms with Crippen molar-refractivity contribution in [3.05, 3.63) is 57.2 Å². The number of rotatable bonds is 5. The van der Waals surface area contributed by atoms with Crippen LogP contribution in [0.15, 0.2) is 42.5 Å². The van der Waals surface area contributed by atoms with Crippen LogP contribution in [-0.4, -0.2) is 23.6 Å². The van der Waals surface area contributed by atoms with Crippen LogP contribution in [0.25, 0.3) is 0 Å². The molecule has 0 saturated carbocycles. The number of hydrogen-bond donors (Lipinski definition) is 1. The highest BCUT2D eigenvalue weighted by Gasteiger charge is 2.24. The molecule has 1 heterocycles. The van der Waals surface area contributed by atoms with Gasteiger partial charge < -0.3 is 5.11 Å². The molecule has 2 aromatic rings. The second-order valence-corrected chi connectivity index (χ2v) is 6.82. The fourth-order valence-electron chi connectivity index (χ4n) is 2.17. The van der Waals surface area contributed by atoms with Gasteiger partial charge in [-0.1, -0.05) is 41.9 Å². The Morgan fingerprint density at radius 2 is 1.89 bits per heavy atom. The van der Waals surface area contributed by atoms with Crippen LogP contribution in [0.2, 0.25) is 4.34 Å². The summed E-state index contributed by atoms with van der Waals surface area (Å²) in [5.41, 5.74) is 0.0860. The van der Waals surface area contributed by atoms with E-state index < -0.39 is 5.60 Å². The number of hydrogen-bond acceptors (Lipinski definition) is 3. The molecule has 0 radical (unpaired) electrons. The van der Waals surface area contributed by atoms with E-state index in [9.17, 15) is 5.11 Å². The van der Waals surface area contributed by atoms with Crippen molar-refractivity contribution in [2.45, 2.75) is 19.1 Å². The molecule has 19 heavy (non-hydrogen) atoms. The Morgan fingerprint density at radius 3 is 2.47 bits per heavy atom. The molecular weight excluding hydrogens is 278 g/mol. The van der Waals surface area contributed by atoms with Crippen molar-refractivity contribution in [3.63, 3.8) is 0 Å². The van der Waals surface area contributed by atoms with Crippen LogP contribution in [0.1, 0.15) is 17.4 Å². The van der Waals surface area contributed by atoms with Crippen LogP contribution in [-0.2, 0) is 12.1 Å². The number of halogens is 1. The molecule has 0 spiro atoms. The van der Waals surface area contributed by atoms with Crippen LogP contribution in [0.5, 0.6) is 0 Å². The average molecular weight is 296 g/mol. The van der Waals surface area contributed by atoms with Gasteiger partial charge in [0.2, 0.25) is 0 Å². The SMILES string of the molecule is CN(Cc1ccc(Cl)s1)CC(C)(O)c1ccccc1. The standard InChI is InChI=1S/C15H18ClNOS/c1-15(18,12-6-4-3-5-7-12)11-17(2)10-13-8-9-14(16)19-13/h3-9,18H,10-11H2,1-2H3. The number of likely N-dealkylation sites (N-methyl/N-ethyl adjacent to an activating group) is 1. The average Bonchev–Trinajstić information content (AvgIpc) is 2.75. The monoisotopic (exact) mass is 295 g/mol. The van der Waals surface area contributed by atoms with Gasteiger partial charge in [-0.25, -0.2) is 0 Å². The van der Waals surface area contributed by atoms with Crippen molar-refractivity contribution in [2.24, 2.45) is 0 Å². The van der Waals surface area contributed by atoms with Gasteiger partial charge in [0.05, 0.1) is 9.94 Å². The summed E-state index contributed by atoms with van der Waals surface area (Å²) in [6.45, 7) is 3.22. The summed E-state index contributed by atoms with van der Waals surface area (Å²) in [7, 11) is 2.00. The summed E-state index contributed by atoms with van der Waals surface area (Å²) in [6.07, 6.45) is 0. The first kappa shape index (κ1) is 14.5. The molecule has 2 rings (SSSR count). The van der Waals surface area contributed by atoms with Crippen LogP contribution in [0.4, 0.5) is 0 Å². The van der Waals surface area contributed by atoms with Crippen molar-refractivity contribution in [1.82, 2.24) is 4.90 Å². The maximum absolute atomic E-state index is 10.6. The molecule has 1 unspecified atom stereocenters. The van der Waals surface area contributed by atoms with E-state index in [4.69, 9.17) is 11.6 Å². The van der Waals surface area contributed by atoms with Gasteiger partial charge >= 0.3 is 0 Å². The molecule has 0 aliphatic carbocycles. The zero-order valence-corrected chi connectivity index (χ0v) is 12.7. The molecule has 1 atom stereocenters. The largest absolute Gasteiger partial charge is 0.384 e. The number of nitrogens with zero attached hydrogens (tertiary/aromatic N) is 1. The molecule has 4 heteroatoms. The smallest absolute Gasteiger partial charge is 0.0994 e. The fraction of sp³-hybridized carbons (Fsp3) is 0.333. The highest BCUT2D eigenvalue weighted by molar-refractivity contribution is 7.16. The van der Waals surface area contributed by atoms with E-state index in [1.165, 1.54) is 4.88 Å². The van der Waals surface area contributed by atoms with E-state index in [0.29, 0.717) is 6.54 Å². The Labute approximate surface area is 123 Å². The molecule has 1 aromatic carbocycles. The quantitative estimate of drug-likeness (QED) is 0.908. The first-order valence-electron chi connectivity index (χ1n) is 6.18. The predicted octanol–water partition coefficient (Wildman–Crippen LogP) is 3.74. The van der Waals surface area contributed by atoms with Gasteiger partial charge in [-0.2, -0.15) is 0 Å². The van der Waals surface area contributed by atoms with E-state index in [1.807, 2.05) is 56.4 Å². The molecule has 1 N–H and O–H groups in total. The minimum Gasteiger partial charge on any atom is -0.384 e. The van der Waals surface area contributed by atoms with Crippen LogP contribution < -0.4 is 0 Å². The van der Waals surface area contributed by atoms with Crippen molar-refractivity contribution < 1.29 is 5.11 Å². The molecular formula is C15H18ClNOS. The Hall–Kier alpha value is -0.870. The predicted molar refractivity (Wildman–Crippen MR) is 81.7 cm³/mol. The maximum Gasteiger partial charge on any atom is 0.0994 e. The lowest BCUT2D eigenvalue weighted by atomic mass is 9.95. The summed E-state index contributed by atoms with van der Waals surface area (Å²) in [4.78, 5) is 3.31. The normalized spacial score (nSPS) is 14.6. The molecule has 0 saturated heterocycles. The zero-order valence-electron chi connectivity index (χ0n) is 11.1. The molecule has 102 valence electrons. The van der Waals surface area contributed by atoms with Crippen molar-refractivity contribution in [1.29, 1.82) is 0 Å². The molecule has 0 aliphatic heterocycles. The summed E-state index contributed by atoms with van der Waals surface area (Å²) < 4.78 is 0.804. The van der Waals surface area contributed by atoms with Crippen LogP contribution in [0, 0.1) is 0 Å². The molecule has 0 fully saturated rings. The molecule has 2 nitrogen and oxygen atoms in total. The van der Waals surface area contributed by atoms with Gasteiger partial charge in [0.1, 0.15) is 0 Å². The van der Waals surface area contributed by atoms with Crippen LogP contribution >= 0.6 is 22.9 Å². The minimum absolute atomic E-state index is 0.576. The summed E-state index contributed by atoms with van der Waals surface area (Å²) in [5.74, 6) is 0. The fourth-order valence-corrected chi connectivity index (χ4v) is 3.34. The van der Waals surface area contributed by atoms with Crippen molar-refractivity contribution >= 4 is 22.9 Å². The first-order chi connectivity index (χ1) is 8.97. The third kappa shape index (κ3) is 4.05. The highest BCUT2D eigenvalue weighted by atomic mass is 35.5. The van der Waals surface area contributed by atoms with Crippen molar-refractivity contribution in [2.75, 3.05) is 13.6 Å². The highest BCUT2D eigenvalue weighted by Crippen LogP contribution is 2.25. The van der Waals surface area contributed by atoms with Gasteiger partial charge in [-0.05, 0) is 31.7 Å². The molecule has 0 amide bonds. The lowest BCUT2D eigenvalue weighted by molar-refractivity contribution is 0.0216. The van der Waals surface area contributed by atoms with E-state index in [0.717, 1.165) is 16.4 Å². The van der Waals surface area contributed by atoms with Gasteiger partial charge in [0, 0.05) is 18.0 Å². The second kappa shape index (κ2) is 6.06. The lowest BCUT2D eigenvalue weighted by Crippen LogP contribution is -2.36. The van der Waals surface area contributed by atoms with Gasteiger partial charge in [-0.15, -0.1) is 11.3 Å². The Bertz CT molecular complexity index is 524. The Morgan fingerprint density at radius 1 is 1.21 bits per heavy atom. The number of benzene rings is 1. The topological polar surface area (TPSA) is 23.5 Å². The lowest BCUT2D eigenvalue weighted by Gasteiger charge is -2.29. The summed E-state index contributed by atoms with van der Waals surface area (Å²) >= 11 is 7.50.